The lowest BCUT2D eigenvalue weighted by molar-refractivity contribution is -0.125. The molecule has 1 saturated heterocycles. The zero-order valence-electron chi connectivity index (χ0n) is 20.5. The van der Waals surface area contributed by atoms with Gasteiger partial charge in [0, 0.05) is 36.7 Å². The van der Waals surface area contributed by atoms with Crippen molar-refractivity contribution in [2.45, 2.75) is 12.5 Å². The smallest absolute Gasteiger partial charge is 0.253 e. The Morgan fingerprint density at radius 2 is 1.64 bits per heavy atom. The second kappa shape index (κ2) is 11.1. The molecule has 1 aliphatic heterocycles. The fourth-order valence-corrected chi connectivity index (χ4v) is 4.59. The normalized spacial score (nSPS) is 16.9. The molecule has 0 aliphatic carbocycles. The summed E-state index contributed by atoms with van der Waals surface area (Å²) >= 11 is 0. The van der Waals surface area contributed by atoms with Crippen LogP contribution in [0.15, 0.2) is 66.7 Å². The van der Waals surface area contributed by atoms with Crippen LogP contribution < -0.4 is 19.5 Å². The van der Waals surface area contributed by atoms with Crippen molar-refractivity contribution in [1.82, 2.24) is 10.2 Å². The second-order valence-corrected chi connectivity index (χ2v) is 8.58. The summed E-state index contributed by atoms with van der Waals surface area (Å²) in [6, 6.07) is 18.4. The molecule has 188 valence electrons. The maximum atomic E-state index is 13.4. The molecular weight excluding hydrogens is 463 g/mol. The summed E-state index contributed by atoms with van der Waals surface area (Å²) in [5.41, 5.74) is 2.09. The van der Waals surface area contributed by atoms with Gasteiger partial charge in [-0.1, -0.05) is 24.3 Å². The minimum Gasteiger partial charge on any atom is -0.497 e. The Hall–Kier alpha value is -4.07. The van der Waals surface area contributed by atoms with Crippen LogP contribution in [0.5, 0.6) is 17.2 Å². The molecular formula is C28H29FN2O5. The van der Waals surface area contributed by atoms with Crippen molar-refractivity contribution in [3.05, 3.63) is 89.2 Å². The number of ether oxygens (including phenoxy) is 3. The number of hydrogen-bond donors (Lipinski definition) is 1. The quantitative estimate of drug-likeness (QED) is 0.514. The minimum absolute atomic E-state index is 0.168. The molecule has 2 atom stereocenters. The first kappa shape index (κ1) is 25.0. The third kappa shape index (κ3) is 5.27. The van der Waals surface area contributed by atoms with E-state index < -0.39 is 5.92 Å². The molecule has 1 fully saturated rings. The van der Waals surface area contributed by atoms with E-state index in [0.29, 0.717) is 29.4 Å². The van der Waals surface area contributed by atoms with Crippen molar-refractivity contribution in [1.29, 1.82) is 0 Å². The van der Waals surface area contributed by atoms with Crippen LogP contribution in [0.3, 0.4) is 0 Å². The molecule has 36 heavy (non-hydrogen) atoms. The summed E-state index contributed by atoms with van der Waals surface area (Å²) in [4.78, 5) is 28.4. The summed E-state index contributed by atoms with van der Waals surface area (Å²) in [5.74, 6) is 0.223. The third-order valence-electron chi connectivity index (χ3n) is 6.49. The van der Waals surface area contributed by atoms with Gasteiger partial charge in [-0.25, -0.2) is 4.39 Å². The molecule has 0 radical (unpaired) electrons. The molecule has 1 heterocycles. The van der Waals surface area contributed by atoms with Gasteiger partial charge in [0.2, 0.25) is 5.91 Å². The molecule has 1 N–H and O–H groups in total. The van der Waals surface area contributed by atoms with E-state index >= 15 is 0 Å². The van der Waals surface area contributed by atoms with Crippen molar-refractivity contribution >= 4 is 11.8 Å². The highest BCUT2D eigenvalue weighted by atomic mass is 19.1. The average Bonchev–Trinajstić information content (AvgIpc) is 3.37. The van der Waals surface area contributed by atoms with Crippen LogP contribution in [0.25, 0.3) is 0 Å². The molecule has 0 spiro atoms. The van der Waals surface area contributed by atoms with Gasteiger partial charge in [0.25, 0.3) is 5.91 Å². The summed E-state index contributed by atoms with van der Waals surface area (Å²) in [5, 5.41) is 2.95. The van der Waals surface area contributed by atoms with Gasteiger partial charge in [-0.15, -0.1) is 0 Å². The third-order valence-corrected chi connectivity index (χ3v) is 6.49. The molecule has 8 heteroatoms. The lowest BCUT2D eigenvalue weighted by atomic mass is 9.87. The number of carbonyl (C=O) groups is 2. The molecule has 0 saturated carbocycles. The Bertz CT molecular complexity index is 1210. The number of para-hydroxylation sites is 1. The van der Waals surface area contributed by atoms with E-state index in [1.54, 1.807) is 68.7 Å². The van der Waals surface area contributed by atoms with Crippen molar-refractivity contribution in [2.24, 2.45) is 5.92 Å². The SMILES string of the molecule is COc1ccc(C(=O)N2C[C@H](C(=O)NCc3ccc(F)cc3)[C@@H](c3cccc(OC)c3OC)C2)cc1. The van der Waals surface area contributed by atoms with Gasteiger partial charge in [-0.3, -0.25) is 9.59 Å². The number of benzene rings is 3. The monoisotopic (exact) mass is 492 g/mol. The van der Waals surface area contributed by atoms with E-state index in [4.69, 9.17) is 14.2 Å². The zero-order chi connectivity index (χ0) is 25.7. The molecule has 0 aromatic heterocycles. The molecule has 4 rings (SSSR count). The first-order chi connectivity index (χ1) is 17.4. The van der Waals surface area contributed by atoms with Gasteiger partial charge in [0.05, 0.1) is 27.2 Å². The van der Waals surface area contributed by atoms with Gasteiger partial charge in [-0.05, 0) is 48.0 Å². The highest BCUT2D eigenvalue weighted by Gasteiger charge is 2.42. The number of nitrogens with zero attached hydrogens (tertiary/aromatic N) is 1. The van der Waals surface area contributed by atoms with E-state index in [1.165, 1.54) is 12.1 Å². The van der Waals surface area contributed by atoms with Gasteiger partial charge in [-0.2, -0.15) is 0 Å². The first-order valence-electron chi connectivity index (χ1n) is 11.6. The van der Waals surface area contributed by atoms with E-state index in [2.05, 4.69) is 5.32 Å². The second-order valence-electron chi connectivity index (χ2n) is 8.58. The molecule has 0 bridgehead atoms. The predicted molar refractivity (Wildman–Crippen MR) is 133 cm³/mol. The van der Waals surface area contributed by atoms with Crippen LogP contribution in [0.2, 0.25) is 0 Å². The molecule has 7 nitrogen and oxygen atoms in total. The molecule has 0 unspecified atom stereocenters. The minimum atomic E-state index is -0.520. The number of rotatable bonds is 8. The number of carbonyl (C=O) groups excluding carboxylic acids is 2. The Balaban J connectivity index is 1.61. The fourth-order valence-electron chi connectivity index (χ4n) is 4.59. The van der Waals surface area contributed by atoms with Gasteiger partial charge >= 0.3 is 0 Å². The Labute approximate surface area is 209 Å². The molecule has 3 aromatic carbocycles. The standard InChI is InChI=1S/C28H29FN2O5/c1-34-21-13-9-19(10-14-21)28(33)31-16-23(22-5-4-6-25(35-2)26(22)36-3)24(17-31)27(32)30-15-18-7-11-20(29)12-8-18/h4-14,23-24H,15-17H2,1-3H3,(H,30,32)/t23-,24+/m1/s1. The summed E-state index contributed by atoms with van der Waals surface area (Å²) < 4.78 is 29.5. The van der Waals surface area contributed by atoms with Crippen LogP contribution >= 0.6 is 0 Å². The van der Waals surface area contributed by atoms with Gasteiger partial charge in [0.1, 0.15) is 11.6 Å². The van der Waals surface area contributed by atoms with Crippen LogP contribution in [-0.4, -0.2) is 51.1 Å². The largest absolute Gasteiger partial charge is 0.497 e. The average molecular weight is 493 g/mol. The lowest BCUT2D eigenvalue weighted by Crippen LogP contribution is -2.35. The van der Waals surface area contributed by atoms with Crippen LogP contribution in [0.4, 0.5) is 4.39 Å². The predicted octanol–water partition coefficient (Wildman–Crippen LogP) is 4.02. The highest BCUT2D eigenvalue weighted by Crippen LogP contribution is 2.42. The fraction of sp³-hybridized carbons (Fsp3) is 0.286. The van der Waals surface area contributed by atoms with E-state index in [1.807, 2.05) is 12.1 Å². The Morgan fingerprint density at radius 1 is 0.917 bits per heavy atom. The number of nitrogens with one attached hydrogen (secondary N) is 1. The molecule has 3 aromatic rings. The summed E-state index contributed by atoms with van der Waals surface area (Å²) in [6.45, 7) is 0.832. The van der Waals surface area contributed by atoms with Crippen LogP contribution in [0, 0.1) is 11.7 Å². The van der Waals surface area contributed by atoms with Crippen LogP contribution in [-0.2, 0) is 11.3 Å². The van der Waals surface area contributed by atoms with E-state index in [0.717, 1.165) is 11.1 Å². The van der Waals surface area contributed by atoms with Crippen molar-refractivity contribution in [2.75, 3.05) is 34.4 Å². The number of hydrogen-bond acceptors (Lipinski definition) is 5. The van der Waals surface area contributed by atoms with Crippen molar-refractivity contribution < 1.29 is 28.2 Å². The molecule has 2 amide bonds. The molecule has 1 aliphatic rings. The summed E-state index contributed by atoms with van der Waals surface area (Å²) in [7, 11) is 4.68. The number of methoxy groups -OCH3 is 3. The lowest BCUT2D eigenvalue weighted by Gasteiger charge is -2.21. The number of halogens is 1. The van der Waals surface area contributed by atoms with Crippen molar-refractivity contribution in [3.63, 3.8) is 0 Å². The summed E-state index contributed by atoms with van der Waals surface area (Å²) in [6.07, 6.45) is 0. The number of likely N-dealkylation sites (tertiary alicyclic amines) is 1. The van der Waals surface area contributed by atoms with Gasteiger partial charge < -0.3 is 24.4 Å². The zero-order valence-corrected chi connectivity index (χ0v) is 20.5. The van der Waals surface area contributed by atoms with E-state index in [-0.39, 0.29) is 36.6 Å². The van der Waals surface area contributed by atoms with Crippen molar-refractivity contribution in [3.8, 4) is 17.2 Å². The van der Waals surface area contributed by atoms with Crippen LogP contribution in [0.1, 0.15) is 27.4 Å². The maximum Gasteiger partial charge on any atom is 0.253 e. The first-order valence-corrected chi connectivity index (χ1v) is 11.6. The Kier molecular flexibility index (Phi) is 7.73. The number of amides is 2. The van der Waals surface area contributed by atoms with Gasteiger partial charge in [0.15, 0.2) is 11.5 Å². The highest BCUT2D eigenvalue weighted by molar-refractivity contribution is 5.95. The Morgan fingerprint density at radius 3 is 2.28 bits per heavy atom. The maximum absolute atomic E-state index is 13.4. The van der Waals surface area contributed by atoms with E-state index in [9.17, 15) is 14.0 Å². The topological polar surface area (TPSA) is 77.1 Å².